The Morgan fingerprint density at radius 2 is 2.12 bits per heavy atom. The lowest BCUT2D eigenvalue weighted by molar-refractivity contribution is 0.378. The molecular formula is C10H7BrF2N2O2. The SMILES string of the molecule is COc1c(F)cc(Br)c(F)c1-c1cc(N)no1. The van der Waals surface area contributed by atoms with Gasteiger partial charge in [0, 0.05) is 6.07 Å². The number of benzene rings is 1. The molecule has 0 atom stereocenters. The molecule has 90 valence electrons. The van der Waals surface area contributed by atoms with Crippen LogP contribution in [0.15, 0.2) is 21.1 Å². The molecule has 17 heavy (non-hydrogen) atoms. The van der Waals surface area contributed by atoms with Crippen LogP contribution in [0.25, 0.3) is 11.3 Å². The molecule has 1 aromatic heterocycles. The lowest BCUT2D eigenvalue weighted by Crippen LogP contribution is -1.96. The van der Waals surface area contributed by atoms with Gasteiger partial charge in [-0.2, -0.15) is 0 Å². The first-order valence-electron chi connectivity index (χ1n) is 4.48. The molecule has 1 heterocycles. The maximum Gasteiger partial charge on any atom is 0.175 e. The number of aromatic nitrogens is 1. The first-order valence-corrected chi connectivity index (χ1v) is 5.28. The van der Waals surface area contributed by atoms with E-state index in [0.29, 0.717) is 0 Å². The van der Waals surface area contributed by atoms with Gasteiger partial charge in [-0.05, 0) is 22.0 Å². The molecule has 0 unspecified atom stereocenters. The fourth-order valence-electron chi connectivity index (χ4n) is 1.41. The van der Waals surface area contributed by atoms with Crippen LogP contribution < -0.4 is 10.5 Å². The van der Waals surface area contributed by atoms with E-state index in [2.05, 4.69) is 21.1 Å². The Bertz CT molecular complexity index is 572. The van der Waals surface area contributed by atoms with Crippen molar-refractivity contribution < 1.29 is 18.0 Å². The molecule has 0 saturated heterocycles. The van der Waals surface area contributed by atoms with Crippen molar-refractivity contribution in [1.29, 1.82) is 0 Å². The number of nitrogen functional groups attached to an aromatic ring is 1. The minimum atomic E-state index is -0.717. The van der Waals surface area contributed by atoms with Crippen LogP contribution in [0.3, 0.4) is 0 Å². The molecular weight excluding hydrogens is 298 g/mol. The summed E-state index contributed by atoms with van der Waals surface area (Å²) in [6.07, 6.45) is 0. The van der Waals surface area contributed by atoms with E-state index in [1.807, 2.05) is 0 Å². The largest absolute Gasteiger partial charge is 0.493 e. The Morgan fingerprint density at radius 1 is 1.41 bits per heavy atom. The number of methoxy groups -OCH3 is 1. The zero-order chi connectivity index (χ0) is 12.6. The van der Waals surface area contributed by atoms with Crippen LogP contribution in [0.1, 0.15) is 0 Å². The summed E-state index contributed by atoms with van der Waals surface area (Å²) in [6.45, 7) is 0. The number of nitrogens with two attached hydrogens (primary N) is 1. The zero-order valence-electron chi connectivity index (χ0n) is 8.63. The van der Waals surface area contributed by atoms with E-state index in [0.717, 1.165) is 6.07 Å². The van der Waals surface area contributed by atoms with Gasteiger partial charge in [-0.3, -0.25) is 0 Å². The molecule has 2 N–H and O–H groups in total. The van der Waals surface area contributed by atoms with Crippen molar-refractivity contribution in [3.63, 3.8) is 0 Å². The second kappa shape index (κ2) is 4.33. The average molecular weight is 305 g/mol. The van der Waals surface area contributed by atoms with Crippen LogP contribution in [0.4, 0.5) is 14.6 Å². The number of hydrogen-bond donors (Lipinski definition) is 1. The predicted octanol–water partition coefficient (Wildman–Crippen LogP) is 2.97. The van der Waals surface area contributed by atoms with Gasteiger partial charge in [0.1, 0.15) is 5.56 Å². The molecule has 0 spiro atoms. The summed E-state index contributed by atoms with van der Waals surface area (Å²) in [6, 6.07) is 2.25. The minimum Gasteiger partial charge on any atom is -0.493 e. The van der Waals surface area contributed by atoms with Crippen molar-refractivity contribution in [3.05, 3.63) is 28.2 Å². The summed E-state index contributed by atoms with van der Waals surface area (Å²) in [7, 11) is 1.23. The van der Waals surface area contributed by atoms with Crippen LogP contribution in [-0.2, 0) is 0 Å². The number of nitrogens with zero attached hydrogens (tertiary/aromatic N) is 1. The minimum absolute atomic E-state index is 0.00273. The first kappa shape index (κ1) is 11.8. The summed E-state index contributed by atoms with van der Waals surface area (Å²) in [5.41, 5.74) is 5.20. The second-order valence-electron chi connectivity index (χ2n) is 3.18. The van der Waals surface area contributed by atoms with Gasteiger partial charge in [-0.15, -0.1) is 0 Å². The Morgan fingerprint density at radius 3 is 2.65 bits per heavy atom. The summed E-state index contributed by atoms with van der Waals surface area (Å²) >= 11 is 2.90. The maximum absolute atomic E-state index is 13.9. The van der Waals surface area contributed by atoms with Gasteiger partial charge in [-0.25, -0.2) is 8.78 Å². The molecule has 7 heteroatoms. The molecule has 2 rings (SSSR count). The smallest absolute Gasteiger partial charge is 0.175 e. The van der Waals surface area contributed by atoms with E-state index in [4.69, 9.17) is 15.0 Å². The summed E-state index contributed by atoms with van der Waals surface area (Å²) < 4.78 is 37.0. The van der Waals surface area contributed by atoms with Gasteiger partial charge >= 0.3 is 0 Å². The van der Waals surface area contributed by atoms with Crippen LogP contribution in [-0.4, -0.2) is 12.3 Å². The molecule has 0 saturated carbocycles. The number of halogens is 3. The molecule has 0 aliphatic heterocycles. The van der Waals surface area contributed by atoms with Gasteiger partial charge in [-0.1, -0.05) is 5.16 Å². The summed E-state index contributed by atoms with van der Waals surface area (Å²) in [5.74, 6) is -1.62. The number of anilines is 1. The Hall–Kier alpha value is -1.63. The fraction of sp³-hybridized carbons (Fsp3) is 0.100. The topological polar surface area (TPSA) is 61.3 Å². The Labute approximate surface area is 103 Å². The first-order chi connectivity index (χ1) is 8.04. The van der Waals surface area contributed by atoms with E-state index in [1.54, 1.807) is 0 Å². The summed E-state index contributed by atoms with van der Waals surface area (Å²) in [4.78, 5) is 0. The Balaban J connectivity index is 2.74. The van der Waals surface area contributed by atoms with Crippen molar-refractivity contribution in [3.8, 4) is 17.1 Å². The molecule has 0 aliphatic rings. The lowest BCUT2D eigenvalue weighted by atomic mass is 10.1. The number of hydrogen-bond acceptors (Lipinski definition) is 4. The van der Waals surface area contributed by atoms with E-state index in [9.17, 15) is 8.78 Å². The van der Waals surface area contributed by atoms with Gasteiger partial charge in [0.05, 0.1) is 11.6 Å². The zero-order valence-corrected chi connectivity index (χ0v) is 10.2. The third-order valence-electron chi connectivity index (χ3n) is 2.11. The van der Waals surface area contributed by atoms with Crippen molar-refractivity contribution in [1.82, 2.24) is 5.16 Å². The molecule has 0 amide bonds. The molecule has 0 bridgehead atoms. The molecule has 0 aliphatic carbocycles. The van der Waals surface area contributed by atoms with Crippen LogP contribution >= 0.6 is 15.9 Å². The molecule has 0 fully saturated rings. The Kier molecular flexibility index (Phi) is 3.01. The maximum atomic E-state index is 13.9. The molecule has 0 radical (unpaired) electrons. The van der Waals surface area contributed by atoms with Gasteiger partial charge in [0.25, 0.3) is 0 Å². The highest BCUT2D eigenvalue weighted by atomic mass is 79.9. The van der Waals surface area contributed by atoms with E-state index < -0.39 is 11.6 Å². The van der Waals surface area contributed by atoms with Crippen molar-refractivity contribution in [2.45, 2.75) is 0 Å². The van der Waals surface area contributed by atoms with Crippen LogP contribution in [0, 0.1) is 11.6 Å². The number of ether oxygens (including phenoxy) is 1. The highest BCUT2D eigenvalue weighted by molar-refractivity contribution is 9.10. The standard InChI is InChI=1S/C10H7BrF2N2O2/c1-16-10-5(12)2-4(11)9(13)8(10)6-3-7(14)15-17-6/h2-3H,1H3,(H2,14,15). The third kappa shape index (κ3) is 1.97. The molecule has 2 aromatic rings. The fourth-order valence-corrected chi connectivity index (χ4v) is 1.80. The predicted molar refractivity (Wildman–Crippen MR) is 60.5 cm³/mol. The lowest BCUT2D eigenvalue weighted by Gasteiger charge is -2.09. The van der Waals surface area contributed by atoms with Gasteiger partial charge in [0.15, 0.2) is 29.0 Å². The van der Waals surface area contributed by atoms with Crippen molar-refractivity contribution >= 4 is 21.7 Å². The van der Waals surface area contributed by atoms with E-state index in [-0.39, 0.29) is 27.4 Å². The van der Waals surface area contributed by atoms with E-state index in [1.165, 1.54) is 13.2 Å². The highest BCUT2D eigenvalue weighted by Crippen LogP contribution is 2.38. The third-order valence-corrected chi connectivity index (χ3v) is 2.68. The van der Waals surface area contributed by atoms with Crippen LogP contribution in [0.2, 0.25) is 0 Å². The quantitative estimate of drug-likeness (QED) is 0.867. The van der Waals surface area contributed by atoms with Gasteiger partial charge < -0.3 is 15.0 Å². The molecule has 1 aromatic carbocycles. The van der Waals surface area contributed by atoms with Crippen molar-refractivity contribution in [2.24, 2.45) is 0 Å². The monoisotopic (exact) mass is 304 g/mol. The average Bonchev–Trinajstić information content (AvgIpc) is 2.69. The van der Waals surface area contributed by atoms with Crippen molar-refractivity contribution in [2.75, 3.05) is 12.8 Å². The van der Waals surface area contributed by atoms with Gasteiger partial charge in [0.2, 0.25) is 0 Å². The molecule has 4 nitrogen and oxygen atoms in total. The highest BCUT2D eigenvalue weighted by Gasteiger charge is 2.22. The number of rotatable bonds is 2. The second-order valence-corrected chi connectivity index (χ2v) is 4.03. The van der Waals surface area contributed by atoms with E-state index >= 15 is 0 Å². The summed E-state index contributed by atoms with van der Waals surface area (Å²) in [5, 5.41) is 3.41. The van der Waals surface area contributed by atoms with Crippen LogP contribution in [0.5, 0.6) is 5.75 Å². The normalized spacial score (nSPS) is 10.6.